The molecule has 0 aliphatic rings. The average Bonchev–Trinajstić information content (AvgIpc) is 2.70. The van der Waals surface area contributed by atoms with Crippen molar-refractivity contribution < 1.29 is 4.74 Å². The van der Waals surface area contributed by atoms with Crippen molar-refractivity contribution >= 4 is 22.6 Å². The Labute approximate surface area is 109 Å². The van der Waals surface area contributed by atoms with E-state index in [1.807, 2.05) is 35.1 Å². The van der Waals surface area contributed by atoms with Gasteiger partial charge >= 0.3 is 0 Å². The second kappa shape index (κ2) is 5.34. The van der Waals surface area contributed by atoms with Crippen LogP contribution in [0.4, 0.5) is 0 Å². The maximum absolute atomic E-state index is 5.67. The van der Waals surface area contributed by atoms with Gasteiger partial charge in [0, 0.05) is 10.1 Å². The number of rotatable bonds is 4. The van der Waals surface area contributed by atoms with Crippen LogP contribution in [-0.2, 0) is 6.54 Å². The van der Waals surface area contributed by atoms with Crippen LogP contribution < -0.4 is 4.74 Å². The molecule has 0 bridgehead atoms. The first-order chi connectivity index (χ1) is 7.78. The van der Waals surface area contributed by atoms with E-state index >= 15 is 0 Å². The summed E-state index contributed by atoms with van der Waals surface area (Å²) >= 11 is 2.27. The van der Waals surface area contributed by atoms with Crippen molar-refractivity contribution in [3.05, 3.63) is 40.2 Å². The van der Waals surface area contributed by atoms with E-state index < -0.39 is 0 Å². The van der Waals surface area contributed by atoms with Crippen LogP contribution in [0.25, 0.3) is 0 Å². The fourth-order valence-electron chi connectivity index (χ4n) is 1.39. The highest BCUT2D eigenvalue weighted by atomic mass is 127. The fraction of sp³-hybridized carbons (Fsp3) is 0.250. The Morgan fingerprint density at radius 1 is 1.25 bits per heavy atom. The number of ether oxygens (including phenoxy) is 1. The van der Waals surface area contributed by atoms with E-state index in [4.69, 9.17) is 4.74 Å². The summed E-state index contributed by atoms with van der Waals surface area (Å²) in [5.41, 5.74) is 0. The molecule has 84 valence electrons. The van der Waals surface area contributed by atoms with Crippen molar-refractivity contribution in [2.75, 3.05) is 0 Å². The summed E-state index contributed by atoms with van der Waals surface area (Å²) in [6.45, 7) is 3.05. The second-order valence-corrected chi connectivity index (χ2v) is 4.74. The largest absolute Gasteiger partial charge is 0.454 e. The molecule has 2 aromatic rings. The zero-order valence-corrected chi connectivity index (χ0v) is 11.2. The van der Waals surface area contributed by atoms with Crippen molar-refractivity contribution in [3.63, 3.8) is 0 Å². The molecule has 0 atom stereocenters. The van der Waals surface area contributed by atoms with Gasteiger partial charge in [0.2, 0.25) is 0 Å². The van der Waals surface area contributed by atoms with Crippen LogP contribution >= 0.6 is 22.6 Å². The highest BCUT2D eigenvalue weighted by molar-refractivity contribution is 14.1. The third-order valence-corrected chi connectivity index (χ3v) is 2.83. The van der Waals surface area contributed by atoms with Crippen molar-refractivity contribution in [2.45, 2.75) is 19.9 Å². The predicted molar refractivity (Wildman–Crippen MR) is 71.8 cm³/mol. The van der Waals surface area contributed by atoms with Gasteiger partial charge in [0.15, 0.2) is 5.75 Å². The monoisotopic (exact) mass is 328 g/mol. The molecule has 2 rings (SSSR count). The smallest absolute Gasteiger partial charge is 0.165 e. The summed E-state index contributed by atoms with van der Waals surface area (Å²) < 4.78 is 8.77. The number of hydrogen-bond donors (Lipinski definition) is 0. The molecule has 1 heterocycles. The van der Waals surface area contributed by atoms with E-state index in [1.165, 1.54) is 3.57 Å². The molecule has 16 heavy (non-hydrogen) atoms. The third kappa shape index (κ3) is 2.98. The lowest BCUT2D eigenvalue weighted by Crippen LogP contribution is -1.95. The van der Waals surface area contributed by atoms with Gasteiger partial charge in [0.1, 0.15) is 5.75 Å². The van der Waals surface area contributed by atoms with E-state index in [2.05, 4.69) is 34.6 Å². The zero-order valence-electron chi connectivity index (χ0n) is 9.06. The molecule has 0 amide bonds. The molecule has 0 fully saturated rings. The molecule has 3 nitrogen and oxygen atoms in total. The molecule has 0 aliphatic heterocycles. The zero-order chi connectivity index (χ0) is 11.4. The molecule has 0 saturated heterocycles. The summed E-state index contributed by atoms with van der Waals surface area (Å²) in [5.74, 6) is 1.63. The van der Waals surface area contributed by atoms with Crippen LogP contribution in [-0.4, -0.2) is 9.78 Å². The maximum atomic E-state index is 5.67. The van der Waals surface area contributed by atoms with E-state index in [0.29, 0.717) is 0 Å². The number of aryl methyl sites for hydroxylation is 1. The van der Waals surface area contributed by atoms with Gasteiger partial charge in [-0.2, -0.15) is 5.10 Å². The van der Waals surface area contributed by atoms with Crippen LogP contribution in [0.1, 0.15) is 13.3 Å². The molecule has 0 N–H and O–H groups in total. The molecule has 0 unspecified atom stereocenters. The fourth-order valence-corrected chi connectivity index (χ4v) is 1.75. The minimum absolute atomic E-state index is 0.787. The molecular weight excluding hydrogens is 315 g/mol. The van der Waals surface area contributed by atoms with E-state index in [-0.39, 0.29) is 0 Å². The summed E-state index contributed by atoms with van der Waals surface area (Å²) in [6.07, 6.45) is 4.74. The topological polar surface area (TPSA) is 27.1 Å². The van der Waals surface area contributed by atoms with Crippen LogP contribution in [0.15, 0.2) is 36.7 Å². The average molecular weight is 328 g/mol. The number of hydrogen-bond acceptors (Lipinski definition) is 2. The first-order valence-corrected chi connectivity index (χ1v) is 6.31. The Kier molecular flexibility index (Phi) is 3.82. The van der Waals surface area contributed by atoms with E-state index in [0.717, 1.165) is 24.5 Å². The number of nitrogens with zero attached hydrogens (tertiary/aromatic N) is 2. The lowest BCUT2D eigenvalue weighted by atomic mass is 10.3. The lowest BCUT2D eigenvalue weighted by molar-refractivity contribution is 0.480. The van der Waals surface area contributed by atoms with Crippen LogP contribution in [0.2, 0.25) is 0 Å². The van der Waals surface area contributed by atoms with Crippen molar-refractivity contribution in [2.24, 2.45) is 0 Å². The predicted octanol–water partition coefficient (Wildman–Crippen LogP) is 3.69. The summed E-state index contributed by atoms with van der Waals surface area (Å²) in [4.78, 5) is 0. The molecule has 4 heteroatoms. The number of benzene rings is 1. The molecular formula is C12H13IN2O. The molecule has 0 saturated carbocycles. The highest BCUT2D eigenvalue weighted by Crippen LogP contribution is 2.21. The Hall–Kier alpha value is -1.04. The first-order valence-electron chi connectivity index (χ1n) is 5.24. The van der Waals surface area contributed by atoms with Crippen LogP contribution in [0.5, 0.6) is 11.5 Å². The van der Waals surface area contributed by atoms with Crippen molar-refractivity contribution in [1.29, 1.82) is 0 Å². The molecule has 0 radical (unpaired) electrons. The SMILES string of the molecule is CCCn1cc(Oc2ccc(I)cc2)cn1. The molecule has 1 aromatic carbocycles. The van der Waals surface area contributed by atoms with Gasteiger partial charge in [0.25, 0.3) is 0 Å². The van der Waals surface area contributed by atoms with Gasteiger partial charge < -0.3 is 4.74 Å². The Bertz CT molecular complexity index is 450. The number of aromatic nitrogens is 2. The minimum Gasteiger partial charge on any atom is -0.454 e. The standard InChI is InChI=1S/C12H13IN2O/c1-2-7-15-9-12(8-14-15)16-11-5-3-10(13)4-6-11/h3-6,8-9H,2,7H2,1H3. The van der Waals surface area contributed by atoms with Gasteiger partial charge in [0.05, 0.1) is 12.4 Å². The summed E-state index contributed by atoms with van der Waals surface area (Å²) in [5, 5.41) is 4.21. The van der Waals surface area contributed by atoms with Gasteiger partial charge in [-0.15, -0.1) is 0 Å². The quantitative estimate of drug-likeness (QED) is 0.801. The summed E-state index contributed by atoms with van der Waals surface area (Å²) in [6, 6.07) is 7.95. The highest BCUT2D eigenvalue weighted by Gasteiger charge is 2.00. The normalized spacial score (nSPS) is 10.4. The Morgan fingerprint density at radius 2 is 2.00 bits per heavy atom. The van der Waals surface area contributed by atoms with Gasteiger partial charge in [-0.25, -0.2) is 0 Å². The lowest BCUT2D eigenvalue weighted by Gasteiger charge is -2.02. The Morgan fingerprint density at radius 3 is 2.69 bits per heavy atom. The molecule has 0 spiro atoms. The van der Waals surface area contributed by atoms with Gasteiger partial charge in [-0.3, -0.25) is 4.68 Å². The van der Waals surface area contributed by atoms with E-state index in [1.54, 1.807) is 6.20 Å². The Balaban J connectivity index is 2.05. The maximum Gasteiger partial charge on any atom is 0.165 e. The number of halogens is 1. The van der Waals surface area contributed by atoms with Gasteiger partial charge in [-0.1, -0.05) is 6.92 Å². The first kappa shape index (κ1) is 11.4. The summed E-state index contributed by atoms with van der Waals surface area (Å²) in [7, 11) is 0. The van der Waals surface area contributed by atoms with E-state index in [9.17, 15) is 0 Å². The van der Waals surface area contributed by atoms with Crippen molar-refractivity contribution in [3.8, 4) is 11.5 Å². The molecule has 1 aromatic heterocycles. The van der Waals surface area contributed by atoms with Crippen LogP contribution in [0, 0.1) is 3.57 Å². The molecule has 0 aliphatic carbocycles. The van der Waals surface area contributed by atoms with Crippen LogP contribution in [0.3, 0.4) is 0 Å². The minimum atomic E-state index is 0.787. The van der Waals surface area contributed by atoms with Crippen molar-refractivity contribution in [1.82, 2.24) is 9.78 Å². The third-order valence-electron chi connectivity index (χ3n) is 2.11. The second-order valence-electron chi connectivity index (χ2n) is 3.50. The van der Waals surface area contributed by atoms with Gasteiger partial charge in [-0.05, 0) is 53.3 Å².